The van der Waals surface area contributed by atoms with Crippen LogP contribution >= 0.6 is 15.9 Å². The van der Waals surface area contributed by atoms with Crippen LogP contribution in [0.2, 0.25) is 0 Å². The molecule has 0 atom stereocenters. The van der Waals surface area contributed by atoms with Gasteiger partial charge in [0.05, 0.1) is 0 Å². The summed E-state index contributed by atoms with van der Waals surface area (Å²) in [5, 5.41) is 8.61. The highest BCUT2D eigenvalue weighted by molar-refractivity contribution is 9.10. The fourth-order valence-corrected chi connectivity index (χ4v) is 3.10. The SMILES string of the molecule is O=C(O)CCCCN1CCC(c2ccc(Br)cc2)CC1. The molecule has 1 aromatic carbocycles. The van der Waals surface area contributed by atoms with Gasteiger partial charge in [0, 0.05) is 10.9 Å². The van der Waals surface area contributed by atoms with E-state index in [1.54, 1.807) is 0 Å². The molecule has 3 nitrogen and oxygen atoms in total. The number of hydrogen-bond acceptors (Lipinski definition) is 2. The molecule has 0 unspecified atom stereocenters. The van der Waals surface area contributed by atoms with Gasteiger partial charge in [-0.1, -0.05) is 28.1 Å². The van der Waals surface area contributed by atoms with E-state index in [0.29, 0.717) is 12.3 Å². The first-order valence-corrected chi connectivity index (χ1v) is 8.14. The number of carboxylic acid groups (broad SMARTS) is 1. The summed E-state index contributed by atoms with van der Waals surface area (Å²) in [4.78, 5) is 12.9. The van der Waals surface area contributed by atoms with E-state index in [-0.39, 0.29) is 0 Å². The molecular formula is C16H22BrNO2. The Kier molecular flexibility index (Phi) is 6.05. The summed E-state index contributed by atoms with van der Waals surface area (Å²) in [5.74, 6) is -0.00249. The van der Waals surface area contributed by atoms with Crippen LogP contribution < -0.4 is 0 Å². The second-order valence-corrected chi connectivity index (χ2v) is 6.43. The molecule has 1 N–H and O–H groups in total. The zero-order valence-corrected chi connectivity index (χ0v) is 13.3. The van der Waals surface area contributed by atoms with Crippen LogP contribution in [0.5, 0.6) is 0 Å². The van der Waals surface area contributed by atoms with Crippen molar-refractivity contribution in [3.05, 3.63) is 34.3 Å². The number of piperidine rings is 1. The lowest BCUT2D eigenvalue weighted by molar-refractivity contribution is -0.137. The van der Waals surface area contributed by atoms with Crippen molar-refractivity contribution in [2.75, 3.05) is 19.6 Å². The standard InChI is InChI=1S/C16H22BrNO2/c17-15-6-4-13(5-7-15)14-8-11-18(12-9-14)10-2-1-3-16(19)20/h4-7,14H,1-3,8-12H2,(H,19,20). The molecule has 1 aromatic rings. The Hall–Kier alpha value is -0.870. The second-order valence-electron chi connectivity index (χ2n) is 5.52. The van der Waals surface area contributed by atoms with Gasteiger partial charge in [0.1, 0.15) is 0 Å². The minimum atomic E-state index is -0.682. The molecule has 2 rings (SSSR count). The summed E-state index contributed by atoms with van der Waals surface area (Å²) in [7, 11) is 0. The van der Waals surface area contributed by atoms with E-state index >= 15 is 0 Å². The summed E-state index contributed by atoms with van der Waals surface area (Å²) < 4.78 is 1.14. The van der Waals surface area contributed by atoms with Crippen molar-refractivity contribution in [2.24, 2.45) is 0 Å². The molecule has 0 aromatic heterocycles. The quantitative estimate of drug-likeness (QED) is 0.799. The fourth-order valence-electron chi connectivity index (χ4n) is 2.84. The van der Waals surface area contributed by atoms with Gasteiger partial charge in [-0.25, -0.2) is 0 Å². The largest absolute Gasteiger partial charge is 0.481 e. The first kappa shape index (κ1) is 15.5. The number of rotatable bonds is 6. The maximum Gasteiger partial charge on any atom is 0.303 e. The van der Waals surface area contributed by atoms with Gasteiger partial charge < -0.3 is 10.0 Å². The van der Waals surface area contributed by atoms with E-state index < -0.39 is 5.97 Å². The number of aliphatic carboxylic acids is 1. The highest BCUT2D eigenvalue weighted by atomic mass is 79.9. The highest BCUT2D eigenvalue weighted by Gasteiger charge is 2.20. The molecule has 20 heavy (non-hydrogen) atoms. The summed E-state index contributed by atoms with van der Waals surface area (Å²) >= 11 is 3.47. The Labute approximate surface area is 129 Å². The Balaban J connectivity index is 1.69. The van der Waals surface area contributed by atoms with Gasteiger partial charge in [0.2, 0.25) is 0 Å². The van der Waals surface area contributed by atoms with Gasteiger partial charge in [-0.05, 0) is 68.9 Å². The smallest absolute Gasteiger partial charge is 0.303 e. The van der Waals surface area contributed by atoms with Gasteiger partial charge >= 0.3 is 5.97 Å². The number of carbonyl (C=O) groups is 1. The van der Waals surface area contributed by atoms with E-state index in [4.69, 9.17) is 5.11 Å². The minimum absolute atomic E-state index is 0.301. The zero-order valence-electron chi connectivity index (χ0n) is 11.7. The zero-order chi connectivity index (χ0) is 14.4. The predicted octanol–water partition coefficient (Wildman–Crippen LogP) is 3.88. The van der Waals surface area contributed by atoms with Crippen LogP contribution in [0.15, 0.2) is 28.7 Å². The van der Waals surface area contributed by atoms with Crippen LogP contribution in [0.4, 0.5) is 0 Å². The van der Waals surface area contributed by atoms with Crippen LogP contribution in [0.1, 0.15) is 43.6 Å². The predicted molar refractivity (Wildman–Crippen MR) is 84.0 cm³/mol. The summed E-state index contributed by atoms with van der Waals surface area (Å²) in [5.41, 5.74) is 1.44. The number of benzene rings is 1. The lowest BCUT2D eigenvalue weighted by Gasteiger charge is -2.32. The van der Waals surface area contributed by atoms with E-state index in [1.807, 2.05) is 0 Å². The molecule has 0 radical (unpaired) electrons. The first-order valence-electron chi connectivity index (χ1n) is 7.35. The van der Waals surface area contributed by atoms with Gasteiger partial charge in [-0.2, -0.15) is 0 Å². The molecule has 0 bridgehead atoms. The Morgan fingerprint density at radius 2 is 1.85 bits per heavy atom. The molecule has 0 saturated carbocycles. The number of unbranched alkanes of at least 4 members (excludes halogenated alkanes) is 1. The lowest BCUT2D eigenvalue weighted by atomic mass is 9.89. The van der Waals surface area contributed by atoms with Crippen LogP contribution in [-0.2, 0) is 4.79 Å². The van der Waals surface area contributed by atoms with Gasteiger partial charge in [-0.15, -0.1) is 0 Å². The number of carboxylic acids is 1. The Morgan fingerprint density at radius 3 is 2.45 bits per heavy atom. The molecule has 1 heterocycles. The molecule has 0 spiro atoms. The van der Waals surface area contributed by atoms with Crippen molar-refractivity contribution < 1.29 is 9.90 Å². The number of halogens is 1. The number of likely N-dealkylation sites (tertiary alicyclic amines) is 1. The van der Waals surface area contributed by atoms with Crippen LogP contribution in [0, 0.1) is 0 Å². The van der Waals surface area contributed by atoms with E-state index in [9.17, 15) is 4.79 Å². The third kappa shape index (κ3) is 4.91. The summed E-state index contributed by atoms with van der Waals surface area (Å²) in [6, 6.07) is 8.68. The minimum Gasteiger partial charge on any atom is -0.481 e. The van der Waals surface area contributed by atoms with Crippen molar-refractivity contribution in [3.63, 3.8) is 0 Å². The molecular weight excluding hydrogens is 318 g/mol. The molecule has 1 aliphatic rings. The third-order valence-corrected chi connectivity index (χ3v) is 4.57. The molecule has 1 aliphatic heterocycles. The van der Waals surface area contributed by atoms with Crippen molar-refractivity contribution in [2.45, 2.75) is 38.0 Å². The van der Waals surface area contributed by atoms with E-state index in [2.05, 4.69) is 45.1 Å². The van der Waals surface area contributed by atoms with Gasteiger partial charge in [-0.3, -0.25) is 4.79 Å². The molecule has 0 aliphatic carbocycles. The van der Waals surface area contributed by atoms with Gasteiger partial charge in [0.15, 0.2) is 0 Å². The summed E-state index contributed by atoms with van der Waals surface area (Å²) in [6.45, 7) is 3.31. The highest BCUT2D eigenvalue weighted by Crippen LogP contribution is 2.28. The fraction of sp³-hybridized carbons (Fsp3) is 0.562. The second kappa shape index (κ2) is 7.79. The molecule has 1 fully saturated rings. The first-order chi connectivity index (χ1) is 9.65. The van der Waals surface area contributed by atoms with E-state index in [0.717, 1.165) is 36.9 Å². The maximum absolute atomic E-state index is 10.5. The normalized spacial score (nSPS) is 17.2. The van der Waals surface area contributed by atoms with Crippen LogP contribution in [-0.4, -0.2) is 35.6 Å². The topological polar surface area (TPSA) is 40.5 Å². The Bertz CT molecular complexity index is 425. The van der Waals surface area contributed by atoms with Crippen LogP contribution in [0.3, 0.4) is 0 Å². The molecule has 0 amide bonds. The Morgan fingerprint density at radius 1 is 1.20 bits per heavy atom. The lowest BCUT2D eigenvalue weighted by Crippen LogP contribution is -2.33. The average molecular weight is 340 g/mol. The van der Waals surface area contributed by atoms with Crippen LogP contribution in [0.25, 0.3) is 0 Å². The molecule has 110 valence electrons. The monoisotopic (exact) mass is 339 g/mol. The van der Waals surface area contributed by atoms with Crippen molar-refractivity contribution >= 4 is 21.9 Å². The number of nitrogens with zero attached hydrogens (tertiary/aromatic N) is 1. The molecule has 1 saturated heterocycles. The number of hydrogen-bond donors (Lipinski definition) is 1. The van der Waals surface area contributed by atoms with E-state index in [1.165, 1.54) is 18.4 Å². The third-order valence-electron chi connectivity index (χ3n) is 4.04. The van der Waals surface area contributed by atoms with Crippen molar-refractivity contribution in [1.82, 2.24) is 4.90 Å². The van der Waals surface area contributed by atoms with Gasteiger partial charge in [0.25, 0.3) is 0 Å². The molecule has 4 heteroatoms. The average Bonchev–Trinajstić information content (AvgIpc) is 2.45. The van der Waals surface area contributed by atoms with Crippen molar-refractivity contribution in [1.29, 1.82) is 0 Å². The van der Waals surface area contributed by atoms with Crippen molar-refractivity contribution in [3.8, 4) is 0 Å². The summed E-state index contributed by atoms with van der Waals surface area (Å²) in [6.07, 6.45) is 4.51. The maximum atomic E-state index is 10.5.